The zero-order valence-corrected chi connectivity index (χ0v) is 19.9. The van der Waals surface area contributed by atoms with Crippen LogP contribution in [0, 0.1) is 11.3 Å². The van der Waals surface area contributed by atoms with E-state index < -0.39 is 0 Å². The lowest BCUT2D eigenvalue weighted by atomic mass is 9.81. The van der Waals surface area contributed by atoms with E-state index in [0.717, 1.165) is 31.4 Å². The average Bonchev–Trinajstić information content (AvgIpc) is 3.32. The zero-order chi connectivity index (χ0) is 24.2. The number of piperidine rings is 2. The molecule has 0 aliphatic carbocycles. The van der Waals surface area contributed by atoms with Crippen LogP contribution >= 0.6 is 0 Å². The van der Waals surface area contributed by atoms with E-state index in [4.69, 9.17) is 15.0 Å². The Bertz CT molecular complexity index is 1030. The number of methoxy groups -OCH3 is 1. The lowest BCUT2D eigenvalue weighted by Crippen LogP contribution is -2.54. The fourth-order valence-electron chi connectivity index (χ4n) is 5.51. The number of pyridine rings is 1. The Labute approximate surface area is 205 Å². The molecule has 0 aromatic carbocycles. The van der Waals surface area contributed by atoms with E-state index in [0.29, 0.717) is 35.4 Å². The first-order valence-electron chi connectivity index (χ1n) is 12.3. The quantitative estimate of drug-likeness (QED) is 0.374. The molecule has 3 fully saturated rings. The number of aliphatic hydroxyl groups is 1. The number of nitrogens with zero attached hydrogens (tertiary/aromatic N) is 5. The molecular weight excluding hydrogens is 446 g/mol. The Balaban J connectivity index is 1.24. The Morgan fingerprint density at radius 1 is 1.17 bits per heavy atom. The van der Waals surface area contributed by atoms with E-state index in [9.17, 15) is 5.11 Å². The number of hydrogen-bond acceptors (Lipinski definition) is 11. The molecule has 3 aliphatic heterocycles. The minimum absolute atomic E-state index is 0.0125. The van der Waals surface area contributed by atoms with Gasteiger partial charge in [0.05, 0.1) is 19.9 Å². The van der Waals surface area contributed by atoms with Gasteiger partial charge in [-0.1, -0.05) is 12.5 Å². The molecule has 0 radical (unpaired) electrons. The fraction of sp³-hybridized carbons (Fsp3) is 0.583. The van der Waals surface area contributed by atoms with Crippen molar-refractivity contribution in [2.75, 3.05) is 24.4 Å². The second-order valence-corrected chi connectivity index (χ2v) is 9.61. The van der Waals surface area contributed by atoms with Crippen molar-refractivity contribution in [1.82, 2.24) is 30.7 Å². The number of nitrogens with one attached hydrogen (secondary N) is 4. The van der Waals surface area contributed by atoms with E-state index >= 15 is 0 Å². The number of aliphatic hydroxyl groups excluding tert-OH is 1. The van der Waals surface area contributed by atoms with E-state index in [1.807, 2.05) is 12.3 Å². The second kappa shape index (κ2) is 10.7. The van der Waals surface area contributed by atoms with Crippen LogP contribution < -0.4 is 26.2 Å². The maximum absolute atomic E-state index is 9.34. The average molecular weight is 480 g/mol. The largest absolute Gasteiger partial charge is 0.481 e. The maximum atomic E-state index is 9.34. The summed E-state index contributed by atoms with van der Waals surface area (Å²) in [6, 6.07) is 8.96. The van der Waals surface area contributed by atoms with Crippen LogP contribution in [0.5, 0.6) is 5.88 Å². The predicted molar refractivity (Wildman–Crippen MR) is 130 cm³/mol. The topological polar surface area (TPSA) is 143 Å². The number of hydrogen-bond donors (Lipinski definition) is 5. The third kappa shape index (κ3) is 5.62. The highest BCUT2D eigenvalue weighted by atomic mass is 16.5. The van der Waals surface area contributed by atoms with Gasteiger partial charge in [0.1, 0.15) is 17.6 Å². The molecule has 2 bridgehead atoms. The van der Waals surface area contributed by atoms with Crippen LogP contribution in [0.15, 0.2) is 24.4 Å². The lowest BCUT2D eigenvalue weighted by molar-refractivity contribution is 0.0276. The second-order valence-electron chi connectivity index (χ2n) is 9.61. The van der Waals surface area contributed by atoms with Gasteiger partial charge in [-0.25, -0.2) is 10.4 Å². The summed E-state index contributed by atoms with van der Waals surface area (Å²) in [6.07, 6.45) is 8.18. The zero-order valence-electron chi connectivity index (χ0n) is 19.9. The number of fused-ring (bicyclic) bond motifs is 2. The first-order valence-corrected chi connectivity index (χ1v) is 12.3. The first-order chi connectivity index (χ1) is 17.1. The lowest BCUT2D eigenvalue weighted by Gasteiger charge is -2.49. The Morgan fingerprint density at radius 3 is 2.66 bits per heavy atom. The van der Waals surface area contributed by atoms with Crippen molar-refractivity contribution in [3.8, 4) is 11.9 Å². The van der Waals surface area contributed by atoms with Crippen LogP contribution in [0.25, 0.3) is 0 Å². The van der Waals surface area contributed by atoms with E-state index in [1.165, 1.54) is 19.3 Å². The molecule has 2 aromatic heterocycles. The van der Waals surface area contributed by atoms with Crippen molar-refractivity contribution >= 4 is 11.8 Å². The Morgan fingerprint density at radius 2 is 2.00 bits per heavy atom. The molecule has 0 amide bonds. The summed E-state index contributed by atoms with van der Waals surface area (Å²) in [6.45, 7) is 0.940. The molecule has 5 N–H and O–H groups in total. The molecule has 3 unspecified atom stereocenters. The van der Waals surface area contributed by atoms with Gasteiger partial charge in [-0.2, -0.15) is 15.2 Å². The number of rotatable bonds is 8. The number of nitriles is 1. The molecule has 5 rings (SSSR count). The van der Waals surface area contributed by atoms with Gasteiger partial charge in [0.2, 0.25) is 11.8 Å². The molecule has 0 saturated carbocycles. The highest BCUT2D eigenvalue weighted by Crippen LogP contribution is 2.36. The molecular formula is C24H33N9O2. The molecule has 5 heterocycles. The van der Waals surface area contributed by atoms with Crippen LogP contribution in [-0.4, -0.2) is 69.0 Å². The molecule has 11 heteroatoms. The van der Waals surface area contributed by atoms with Crippen molar-refractivity contribution in [1.29, 1.82) is 5.26 Å². The van der Waals surface area contributed by atoms with Gasteiger partial charge in [0, 0.05) is 49.4 Å². The highest BCUT2D eigenvalue weighted by molar-refractivity contribution is 5.45. The monoisotopic (exact) mass is 479 g/mol. The third-order valence-electron chi connectivity index (χ3n) is 7.20. The summed E-state index contributed by atoms with van der Waals surface area (Å²) >= 11 is 0. The van der Waals surface area contributed by atoms with Gasteiger partial charge < -0.3 is 20.5 Å². The van der Waals surface area contributed by atoms with Crippen LogP contribution in [0.2, 0.25) is 0 Å². The van der Waals surface area contributed by atoms with Crippen molar-refractivity contribution < 1.29 is 9.84 Å². The summed E-state index contributed by atoms with van der Waals surface area (Å²) in [7, 11) is 1.61. The summed E-state index contributed by atoms with van der Waals surface area (Å²) in [5, 5.41) is 25.3. The molecule has 5 atom stereocenters. The smallest absolute Gasteiger partial charge is 0.228 e. The third-order valence-corrected chi connectivity index (χ3v) is 7.20. The minimum atomic E-state index is -0.0427. The Kier molecular flexibility index (Phi) is 7.24. The normalized spacial score (nSPS) is 28.3. The summed E-state index contributed by atoms with van der Waals surface area (Å²) in [4.78, 5) is 16.1. The number of anilines is 2. The standard InChI is InChI=1S/C24H33N9O2/c1-35-23-10-21(28-22-9-18(14-34)31-32-22)29-24(30-23)27-17-7-19-3-2-4-20(8-17)33(19)13-15-5-6-16(11-25)26-12-15/h5-6,10,12,17-20,22,31-32,34H,2-4,7-9,13-14H2,1H3,(H2,27,28,29,30)/t17?,18?,19-,20+,22?. The molecule has 186 valence electrons. The van der Waals surface area contributed by atoms with E-state index in [2.05, 4.69) is 42.4 Å². The van der Waals surface area contributed by atoms with Crippen LogP contribution in [-0.2, 0) is 6.54 Å². The molecule has 11 nitrogen and oxygen atoms in total. The van der Waals surface area contributed by atoms with Gasteiger partial charge >= 0.3 is 0 Å². The van der Waals surface area contributed by atoms with E-state index in [-0.39, 0.29) is 24.9 Å². The minimum Gasteiger partial charge on any atom is -0.481 e. The Hall–Kier alpha value is -3.04. The number of aromatic nitrogens is 3. The van der Waals surface area contributed by atoms with Crippen molar-refractivity contribution in [3.63, 3.8) is 0 Å². The molecule has 2 aromatic rings. The van der Waals surface area contributed by atoms with Crippen molar-refractivity contribution in [2.45, 2.75) is 75.4 Å². The van der Waals surface area contributed by atoms with Crippen LogP contribution in [0.1, 0.15) is 49.8 Å². The van der Waals surface area contributed by atoms with Gasteiger partial charge in [0.25, 0.3) is 0 Å². The van der Waals surface area contributed by atoms with E-state index in [1.54, 1.807) is 19.2 Å². The van der Waals surface area contributed by atoms with Gasteiger partial charge in [-0.05, 0) is 37.3 Å². The first kappa shape index (κ1) is 23.7. The van der Waals surface area contributed by atoms with Crippen molar-refractivity contribution in [3.05, 3.63) is 35.7 Å². The molecule has 0 spiro atoms. The molecule has 35 heavy (non-hydrogen) atoms. The SMILES string of the molecule is COc1cc(NC2CC(CO)NN2)nc(NC2C[C@H]3CCC[C@@H](C2)N3Cc2ccc(C#N)nc2)n1. The number of hydrazine groups is 1. The summed E-state index contributed by atoms with van der Waals surface area (Å²) in [5.74, 6) is 1.73. The summed E-state index contributed by atoms with van der Waals surface area (Å²) < 4.78 is 5.42. The fourth-order valence-corrected chi connectivity index (χ4v) is 5.51. The van der Waals surface area contributed by atoms with Crippen molar-refractivity contribution in [2.24, 2.45) is 0 Å². The summed E-state index contributed by atoms with van der Waals surface area (Å²) in [5.41, 5.74) is 7.80. The maximum Gasteiger partial charge on any atom is 0.228 e. The predicted octanol–water partition coefficient (Wildman–Crippen LogP) is 1.35. The number of ether oxygens (including phenoxy) is 1. The highest BCUT2D eigenvalue weighted by Gasteiger charge is 2.38. The van der Waals surface area contributed by atoms with Crippen LogP contribution in [0.3, 0.4) is 0 Å². The molecule has 3 aliphatic rings. The van der Waals surface area contributed by atoms with Gasteiger partial charge in [-0.3, -0.25) is 10.3 Å². The van der Waals surface area contributed by atoms with Gasteiger partial charge in [-0.15, -0.1) is 0 Å². The molecule has 3 saturated heterocycles. The van der Waals surface area contributed by atoms with Crippen LogP contribution in [0.4, 0.5) is 11.8 Å². The van der Waals surface area contributed by atoms with Gasteiger partial charge in [0.15, 0.2) is 0 Å².